The van der Waals surface area contributed by atoms with Gasteiger partial charge in [-0.25, -0.2) is 0 Å². The molecule has 3 aromatic rings. The second kappa shape index (κ2) is 11.7. The number of ether oxygens (including phenoxy) is 1. The Morgan fingerprint density at radius 1 is 1.17 bits per heavy atom. The summed E-state index contributed by atoms with van der Waals surface area (Å²) < 4.78 is 6.88. The fourth-order valence-electron chi connectivity index (χ4n) is 3.39. The van der Waals surface area contributed by atoms with E-state index in [0.717, 1.165) is 0 Å². The standard InChI is InChI=1S/C24H28N6O5S/c1-14(2)21(26-23(32)16-7-10-18(35-5)11-8-16)22-27-28-24(29(22)4)36-13-20(31)25-19-12-17(30(33)34)9-6-15(19)3/h6-12,14,21H,13H2,1-5H3,(H,25,31)(H,26,32)/t21-/m0/s1. The lowest BCUT2D eigenvalue weighted by molar-refractivity contribution is -0.384. The Balaban J connectivity index is 1.67. The molecule has 0 spiro atoms. The van der Waals surface area contributed by atoms with Crippen molar-refractivity contribution in [3.63, 3.8) is 0 Å². The Labute approximate surface area is 212 Å². The summed E-state index contributed by atoms with van der Waals surface area (Å²) in [5.41, 5.74) is 1.49. The molecule has 0 aliphatic rings. The van der Waals surface area contributed by atoms with Gasteiger partial charge in [0.15, 0.2) is 11.0 Å². The maximum Gasteiger partial charge on any atom is 0.271 e. The fourth-order valence-corrected chi connectivity index (χ4v) is 4.11. The molecule has 1 atom stereocenters. The van der Waals surface area contributed by atoms with Gasteiger partial charge in [-0.2, -0.15) is 0 Å². The van der Waals surface area contributed by atoms with E-state index in [4.69, 9.17) is 4.74 Å². The number of benzene rings is 2. The van der Waals surface area contributed by atoms with E-state index < -0.39 is 11.0 Å². The van der Waals surface area contributed by atoms with Crippen LogP contribution in [0, 0.1) is 23.0 Å². The molecular formula is C24H28N6O5S. The minimum Gasteiger partial charge on any atom is -0.497 e. The molecule has 1 heterocycles. The second-order valence-electron chi connectivity index (χ2n) is 8.42. The van der Waals surface area contributed by atoms with Crippen LogP contribution in [-0.2, 0) is 11.8 Å². The van der Waals surface area contributed by atoms with Crippen LogP contribution in [0.3, 0.4) is 0 Å². The second-order valence-corrected chi connectivity index (χ2v) is 9.36. The zero-order valence-corrected chi connectivity index (χ0v) is 21.5. The number of carbonyl (C=O) groups is 2. The molecule has 2 amide bonds. The van der Waals surface area contributed by atoms with Gasteiger partial charge < -0.3 is 19.9 Å². The quantitative estimate of drug-likeness (QED) is 0.237. The summed E-state index contributed by atoms with van der Waals surface area (Å²) in [6.45, 7) is 5.69. The number of nitro benzene ring substituents is 1. The third-order valence-electron chi connectivity index (χ3n) is 5.49. The molecule has 0 radical (unpaired) electrons. The maximum absolute atomic E-state index is 12.8. The molecule has 0 aliphatic carbocycles. The summed E-state index contributed by atoms with van der Waals surface area (Å²) in [5.74, 6) is 0.684. The van der Waals surface area contributed by atoms with Crippen LogP contribution in [0.5, 0.6) is 5.75 Å². The number of amides is 2. The van der Waals surface area contributed by atoms with Crippen LogP contribution in [0.15, 0.2) is 47.6 Å². The van der Waals surface area contributed by atoms with Gasteiger partial charge in [-0.1, -0.05) is 31.7 Å². The molecule has 0 bridgehead atoms. The summed E-state index contributed by atoms with van der Waals surface area (Å²) in [5, 5.41) is 25.7. The van der Waals surface area contributed by atoms with E-state index >= 15 is 0 Å². The number of anilines is 1. The van der Waals surface area contributed by atoms with Crippen LogP contribution in [0.25, 0.3) is 0 Å². The summed E-state index contributed by atoms with van der Waals surface area (Å²) in [4.78, 5) is 35.8. The van der Waals surface area contributed by atoms with E-state index in [1.807, 2.05) is 13.8 Å². The lowest BCUT2D eigenvalue weighted by Gasteiger charge is -2.21. The molecule has 11 nitrogen and oxygen atoms in total. The summed E-state index contributed by atoms with van der Waals surface area (Å²) >= 11 is 1.18. The van der Waals surface area contributed by atoms with E-state index in [1.165, 1.54) is 23.9 Å². The highest BCUT2D eigenvalue weighted by Gasteiger charge is 2.25. The number of hydrogen-bond donors (Lipinski definition) is 2. The third-order valence-corrected chi connectivity index (χ3v) is 6.51. The van der Waals surface area contributed by atoms with Gasteiger partial charge in [0, 0.05) is 24.7 Å². The number of nitrogens with zero attached hydrogens (tertiary/aromatic N) is 4. The van der Waals surface area contributed by atoms with E-state index in [9.17, 15) is 19.7 Å². The van der Waals surface area contributed by atoms with Crippen molar-refractivity contribution in [2.24, 2.45) is 13.0 Å². The van der Waals surface area contributed by atoms with Gasteiger partial charge in [-0.15, -0.1) is 10.2 Å². The first-order chi connectivity index (χ1) is 17.1. The zero-order chi connectivity index (χ0) is 26.4. The monoisotopic (exact) mass is 512 g/mol. The molecule has 12 heteroatoms. The maximum atomic E-state index is 12.8. The minimum atomic E-state index is -0.510. The first kappa shape index (κ1) is 26.7. The average molecular weight is 513 g/mol. The SMILES string of the molecule is COc1ccc(C(=O)N[C@H](c2nnc(SCC(=O)Nc3cc([N+](=O)[O-])ccc3C)n2C)C(C)C)cc1. The minimum absolute atomic E-state index is 0.0214. The molecule has 0 saturated carbocycles. The van der Waals surface area contributed by atoms with Crippen molar-refractivity contribution in [1.82, 2.24) is 20.1 Å². The topological polar surface area (TPSA) is 141 Å². The fraction of sp³-hybridized carbons (Fsp3) is 0.333. The van der Waals surface area contributed by atoms with Gasteiger partial charge in [0.1, 0.15) is 5.75 Å². The predicted octanol–water partition coefficient (Wildman–Crippen LogP) is 3.90. The first-order valence-corrected chi connectivity index (χ1v) is 12.1. The first-order valence-electron chi connectivity index (χ1n) is 11.1. The summed E-state index contributed by atoms with van der Waals surface area (Å²) in [7, 11) is 3.33. The van der Waals surface area contributed by atoms with E-state index in [-0.39, 0.29) is 29.2 Å². The van der Waals surface area contributed by atoms with Crippen molar-refractivity contribution in [3.05, 3.63) is 69.5 Å². The lowest BCUT2D eigenvalue weighted by Crippen LogP contribution is -2.33. The predicted molar refractivity (Wildman–Crippen MR) is 136 cm³/mol. The van der Waals surface area contributed by atoms with E-state index in [0.29, 0.717) is 33.5 Å². The molecule has 190 valence electrons. The smallest absolute Gasteiger partial charge is 0.271 e. The Hall–Kier alpha value is -3.93. The largest absolute Gasteiger partial charge is 0.497 e. The van der Waals surface area contributed by atoms with Gasteiger partial charge in [-0.05, 0) is 42.7 Å². The number of aryl methyl sites for hydroxylation is 1. The molecule has 0 fully saturated rings. The number of nitro groups is 1. The van der Waals surface area contributed by atoms with Crippen LogP contribution in [0.2, 0.25) is 0 Å². The van der Waals surface area contributed by atoms with Gasteiger partial charge in [0.05, 0.1) is 29.5 Å². The number of hydrogen-bond acceptors (Lipinski definition) is 8. The number of carbonyl (C=O) groups excluding carboxylic acids is 2. The normalized spacial score (nSPS) is 11.7. The number of thioether (sulfide) groups is 1. The third kappa shape index (κ3) is 6.39. The highest BCUT2D eigenvalue weighted by molar-refractivity contribution is 7.99. The van der Waals surface area contributed by atoms with Crippen LogP contribution >= 0.6 is 11.8 Å². The average Bonchev–Trinajstić information content (AvgIpc) is 3.21. The van der Waals surface area contributed by atoms with E-state index in [2.05, 4.69) is 20.8 Å². The molecule has 0 aliphatic heterocycles. The number of aromatic nitrogens is 3. The molecule has 2 N–H and O–H groups in total. The lowest BCUT2D eigenvalue weighted by atomic mass is 10.0. The van der Waals surface area contributed by atoms with Crippen molar-refractivity contribution < 1.29 is 19.2 Å². The van der Waals surface area contributed by atoms with Gasteiger partial charge in [0.2, 0.25) is 5.91 Å². The zero-order valence-electron chi connectivity index (χ0n) is 20.6. The molecule has 0 unspecified atom stereocenters. The molecule has 36 heavy (non-hydrogen) atoms. The number of non-ortho nitro benzene ring substituents is 1. The van der Waals surface area contributed by atoms with Gasteiger partial charge in [0.25, 0.3) is 11.6 Å². The molecule has 3 rings (SSSR count). The Bertz CT molecular complexity index is 1260. The van der Waals surface area contributed by atoms with E-state index in [1.54, 1.807) is 56.0 Å². The number of nitrogens with one attached hydrogen (secondary N) is 2. The van der Waals surface area contributed by atoms with Crippen LogP contribution in [0.4, 0.5) is 11.4 Å². The van der Waals surface area contributed by atoms with Crippen molar-refractivity contribution in [2.45, 2.75) is 32.0 Å². The van der Waals surface area contributed by atoms with Crippen LogP contribution in [0.1, 0.15) is 41.6 Å². The summed E-state index contributed by atoms with van der Waals surface area (Å²) in [6, 6.07) is 10.7. The number of methoxy groups -OCH3 is 1. The van der Waals surface area contributed by atoms with Crippen molar-refractivity contribution in [2.75, 3.05) is 18.2 Å². The van der Waals surface area contributed by atoms with Crippen LogP contribution < -0.4 is 15.4 Å². The molecule has 1 aromatic heterocycles. The van der Waals surface area contributed by atoms with Crippen LogP contribution in [-0.4, -0.2) is 44.4 Å². The Kier molecular flexibility index (Phi) is 8.64. The van der Waals surface area contributed by atoms with Crippen molar-refractivity contribution in [3.8, 4) is 5.75 Å². The highest BCUT2D eigenvalue weighted by Crippen LogP contribution is 2.26. The Morgan fingerprint density at radius 2 is 1.86 bits per heavy atom. The highest BCUT2D eigenvalue weighted by atomic mass is 32.2. The van der Waals surface area contributed by atoms with Gasteiger partial charge in [-0.3, -0.25) is 19.7 Å². The van der Waals surface area contributed by atoms with Crippen molar-refractivity contribution >= 4 is 35.0 Å². The molecule has 0 saturated heterocycles. The van der Waals surface area contributed by atoms with Gasteiger partial charge >= 0.3 is 0 Å². The summed E-state index contributed by atoms with van der Waals surface area (Å²) in [6.07, 6.45) is 0. The number of rotatable bonds is 10. The molecular weight excluding hydrogens is 484 g/mol. The molecule has 2 aromatic carbocycles. The van der Waals surface area contributed by atoms with Crippen molar-refractivity contribution in [1.29, 1.82) is 0 Å². The Morgan fingerprint density at radius 3 is 2.47 bits per heavy atom.